The van der Waals surface area contributed by atoms with Gasteiger partial charge in [0.05, 0.1) is 5.56 Å². The number of Topliss-reactive ketones (excluding diaryl/α,β-unsaturated/α-hetero) is 2. The lowest BCUT2D eigenvalue weighted by Crippen LogP contribution is -2.21. The summed E-state index contributed by atoms with van der Waals surface area (Å²) in [5.74, 6) is -5.66. The van der Waals surface area contributed by atoms with Gasteiger partial charge in [0.25, 0.3) is 0 Å². The Kier molecular flexibility index (Phi) is 8.15. The predicted molar refractivity (Wildman–Crippen MR) is 147 cm³/mol. The highest BCUT2D eigenvalue weighted by Crippen LogP contribution is 2.45. The van der Waals surface area contributed by atoms with E-state index in [0.29, 0.717) is 49.3 Å². The molecule has 0 bridgehead atoms. The highest BCUT2D eigenvalue weighted by molar-refractivity contribution is 6.02. The van der Waals surface area contributed by atoms with Crippen LogP contribution in [0.25, 0.3) is 5.57 Å². The Morgan fingerprint density at radius 1 is 0.875 bits per heavy atom. The topological polar surface area (TPSA) is 34.1 Å². The SMILES string of the molecule is CC1=CCC(CC(=O)CCc2ccccc2C2CC(c3ccc(F)cc3)=CC2C(=O)c2c(F)cc(F)cc2F)C1. The van der Waals surface area contributed by atoms with Crippen molar-refractivity contribution in [3.63, 3.8) is 0 Å². The van der Waals surface area contributed by atoms with Crippen molar-refractivity contribution in [2.24, 2.45) is 11.8 Å². The molecule has 0 saturated heterocycles. The second kappa shape index (κ2) is 11.7. The first-order valence-electron chi connectivity index (χ1n) is 13.6. The van der Waals surface area contributed by atoms with Crippen LogP contribution in [0, 0.1) is 35.1 Å². The summed E-state index contributed by atoms with van der Waals surface area (Å²) in [5.41, 5.74) is 3.72. The van der Waals surface area contributed by atoms with Crippen LogP contribution >= 0.6 is 0 Å². The first-order chi connectivity index (χ1) is 19.2. The third kappa shape index (κ3) is 6.01. The van der Waals surface area contributed by atoms with Crippen LogP contribution in [0.4, 0.5) is 17.6 Å². The molecule has 0 amide bonds. The zero-order valence-corrected chi connectivity index (χ0v) is 22.2. The smallest absolute Gasteiger partial charge is 0.176 e. The molecule has 0 radical (unpaired) electrons. The van der Waals surface area contributed by atoms with Crippen molar-refractivity contribution in [1.82, 2.24) is 0 Å². The van der Waals surface area contributed by atoms with E-state index in [9.17, 15) is 27.2 Å². The number of hydrogen-bond donors (Lipinski definition) is 0. The molecule has 2 aliphatic carbocycles. The van der Waals surface area contributed by atoms with E-state index in [0.717, 1.165) is 29.5 Å². The fourth-order valence-electron chi connectivity index (χ4n) is 6.12. The van der Waals surface area contributed by atoms with Crippen LogP contribution in [0.3, 0.4) is 0 Å². The third-order valence-electron chi connectivity index (χ3n) is 8.08. The van der Waals surface area contributed by atoms with E-state index >= 15 is 0 Å². The number of carbonyl (C=O) groups excluding carboxylic acids is 2. The molecule has 3 aromatic rings. The summed E-state index contributed by atoms with van der Waals surface area (Å²) >= 11 is 0. The first kappa shape index (κ1) is 27.8. The Balaban J connectivity index is 1.44. The molecule has 2 nitrogen and oxygen atoms in total. The van der Waals surface area contributed by atoms with Crippen molar-refractivity contribution in [3.8, 4) is 0 Å². The minimum Gasteiger partial charge on any atom is -0.300 e. The molecule has 3 unspecified atom stereocenters. The Morgan fingerprint density at radius 2 is 1.57 bits per heavy atom. The molecule has 6 heteroatoms. The Bertz CT molecular complexity index is 1480. The summed E-state index contributed by atoms with van der Waals surface area (Å²) < 4.78 is 56.6. The Morgan fingerprint density at radius 3 is 2.25 bits per heavy atom. The van der Waals surface area contributed by atoms with Gasteiger partial charge in [-0.15, -0.1) is 0 Å². The molecular formula is C34H30F4O2. The molecule has 0 aliphatic heterocycles. The zero-order chi connectivity index (χ0) is 28.4. The summed E-state index contributed by atoms with van der Waals surface area (Å²) in [6, 6.07) is 14.4. The molecule has 2 aliphatic rings. The van der Waals surface area contributed by atoms with E-state index < -0.39 is 46.5 Å². The molecule has 40 heavy (non-hydrogen) atoms. The van der Waals surface area contributed by atoms with Crippen LogP contribution < -0.4 is 0 Å². The predicted octanol–water partition coefficient (Wildman–Crippen LogP) is 8.56. The molecule has 0 N–H and O–H groups in total. The van der Waals surface area contributed by atoms with Crippen LogP contribution in [0.2, 0.25) is 0 Å². The summed E-state index contributed by atoms with van der Waals surface area (Å²) in [6.45, 7) is 2.08. The lowest BCUT2D eigenvalue weighted by molar-refractivity contribution is -0.119. The van der Waals surface area contributed by atoms with Gasteiger partial charge < -0.3 is 0 Å². The highest BCUT2D eigenvalue weighted by Gasteiger charge is 2.38. The summed E-state index contributed by atoms with van der Waals surface area (Å²) in [6.07, 6.45) is 7.48. The normalized spacial score (nSPS) is 20.4. The lowest BCUT2D eigenvalue weighted by atomic mass is 9.80. The van der Waals surface area contributed by atoms with E-state index in [4.69, 9.17) is 0 Å². The monoisotopic (exact) mass is 546 g/mol. The molecule has 0 saturated carbocycles. The fraction of sp³-hybridized carbons (Fsp3) is 0.294. The van der Waals surface area contributed by atoms with Crippen molar-refractivity contribution in [3.05, 3.63) is 124 Å². The van der Waals surface area contributed by atoms with Gasteiger partial charge in [-0.25, -0.2) is 17.6 Å². The lowest BCUT2D eigenvalue weighted by Gasteiger charge is -2.22. The van der Waals surface area contributed by atoms with E-state index in [-0.39, 0.29) is 5.78 Å². The first-order valence-corrected chi connectivity index (χ1v) is 13.6. The van der Waals surface area contributed by atoms with Crippen molar-refractivity contribution >= 4 is 17.1 Å². The van der Waals surface area contributed by atoms with Crippen LogP contribution in [0.5, 0.6) is 0 Å². The van der Waals surface area contributed by atoms with E-state index in [1.54, 1.807) is 18.2 Å². The molecule has 0 heterocycles. The zero-order valence-electron chi connectivity index (χ0n) is 22.2. The molecule has 5 rings (SSSR count). The largest absolute Gasteiger partial charge is 0.300 e. The van der Waals surface area contributed by atoms with Crippen molar-refractivity contribution < 1.29 is 27.2 Å². The Hall–Kier alpha value is -3.80. The van der Waals surface area contributed by atoms with Gasteiger partial charge >= 0.3 is 0 Å². The summed E-state index contributed by atoms with van der Waals surface area (Å²) in [5, 5.41) is 0. The quantitative estimate of drug-likeness (QED) is 0.153. The van der Waals surface area contributed by atoms with Gasteiger partial charge in [0.1, 0.15) is 29.1 Å². The number of benzene rings is 3. The number of rotatable bonds is 9. The van der Waals surface area contributed by atoms with Crippen LogP contribution in [0.1, 0.15) is 72.0 Å². The molecular weight excluding hydrogens is 516 g/mol. The van der Waals surface area contributed by atoms with Gasteiger partial charge in [0.15, 0.2) is 5.78 Å². The minimum atomic E-state index is -1.25. The van der Waals surface area contributed by atoms with Gasteiger partial charge in [-0.2, -0.15) is 0 Å². The van der Waals surface area contributed by atoms with Crippen LogP contribution in [-0.2, 0) is 11.2 Å². The third-order valence-corrected chi connectivity index (χ3v) is 8.08. The highest BCUT2D eigenvalue weighted by atomic mass is 19.1. The van der Waals surface area contributed by atoms with Gasteiger partial charge in [0, 0.05) is 36.8 Å². The number of aryl methyl sites for hydroxylation is 1. The molecule has 0 spiro atoms. The number of ketones is 2. The summed E-state index contributed by atoms with van der Waals surface area (Å²) in [7, 11) is 0. The molecule has 0 fully saturated rings. The fourth-order valence-corrected chi connectivity index (χ4v) is 6.12. The van der Waals surface area contributed by atoms with Gasteiger partial charge in [0.2, 0.25) is 0 Å². The van der Waals surface area contributed by atoms with Crippen LogP contribution in [0.15, 0.2) is 78.4 Å². The average molecular weight is 547 g/mol. The van der Waals surface area contributed by atoms with Gasteiger partial charge in [-0.05, 0) is 72.9 Å². The second-order valence-corrected chi connectivity index (χ2v) is 10.9. The maximum Gasteiger partial charge on any atom is 0.176 e. The van der Waals surface area contributed by atoms with E-state index in [1.165, 1.54) is 17.7 Å². The van der Waals surface area contributed by atoms with Crippen molar-refractivity contribution in [2.45, 2.75) is 51.4 Å². The minimum absolute atomic E-state index is 0.183. The van der Waals surface area contributed by atoms with Crippen molar-refractivity contribution in [1.29, 1.82) is 0 Å². The molecule has 0 aromatic heterocycles. The molecule has 3 atom stereocenters. The van der Waals surface area contributed by atoms with Crippen molar-refractivity contribution in [2.75, 3.05) is 0 Å². The summed E-state index contributed by atoms with van der Waals surface area (Å²) in [4.78, 5) is 26.4. The number of allylic oxidation sites excluding steroid dienone is 4. The van der Waals surface area contributed by atoms with Crippen LogP contribution in [-0.4, -0.2) is 11.6 Å². The molecule has 3 aromatic carbocycles. The maximum atomic E-state index is 14.7. The maximum absolute atomic E-state index is 14.7. The van der Waals surface area contributed by atoms with Gasteiger partial charge in [-0.1, -0.05) is 54.1 Å². The number of carbonyl (C=O) groups is 2. The standard InChI is InChI=1S/C34H30F4O2/c1-20-6-7-21(14-20)15-27(39)13-10-23-4-2-3-5-28(23)29-16-24(22-8-11-25(35)12-9-22)17-30(29)34(40)33-31(37)18-26(36)19-32(33)38/h2-6,8-9,11-12,17-19,21,29-30H,7,10,13-16H2,1H3. The van der Waals surface area contributed by atoms with E-state index in [2.05, 4.69) is 13.0 Å². The molecule has 206 valence electrons. The average Bonchev–Trinajstić information content (AvgIpc) is 3.54. The van der Waals surface area contributed by atoms with E-state index in [1.807, 2.05) is 24.3 Å². The number of halogens is 4. The second-order valence-electron chi connectivity index (χ2n) is 10.9. The van der Waals surface area contributed by atoms with Gasteiger partial charge in [-0.3, -0.25) is 9.59 Å². The Labute approximate surface area is 231 Å². The number of hydrogen-bond acceptors (Lipinski definition) is 2.